The Morgan fingerprint density at radius 2 is 2.00 bits per heavy atom. The molecule has 2 N–H and O–H groups in total. The third-order valence-corrected chi connectivity index (χ3v) is 2.60. The fraction of sp³-hybridized carbons (Fsp3) is 0.923. The first-order valence-corrected chi connectivity index (χ1v) is 6.58. The van der Waals surface area contributed by atoms with Gasteiger partial charge in [-0.3, -0.25) is 4.79 Å². The second-order valence-electron chi connectivity index (χ2n) is 4.83. The quantitative estimate of drug-likeness (QED) is 0.594. The zero-order valence-corrected chi connectivity index (χ0v) is 11.6. The predicted octanol–water partition coefficient (Wildman–Crippen LogP) is 1.64. The van der Waals surface area contributed by atoms with Gasteiger partial charge in [0.05, 0.1) is 6.61 Å². The molecule has 0 saturated heterocycles. The van der Waals surface area contributed by atoms with Crippen molar-refractivity contribution in [3.63, 3.8) is 0 Å². The maximum absolute atomic E-state index is 12.0. The van der Waals surface area contributed by atoms with Crippen LogP contribution in [0.1, 0.15) is 39.5 Å². The second-order valence-corrected chi connectivity index (χ2v) is 4.83. The molecule has 0 aliphatic carbocycles. The highest BCUT2D eigenvalue weighted by Crippen LogP contribution is 2.06. The van der Waals surface area contributed by atoms with Crippen LogP contribution in [0.15, 0.2) is 0 Å². The highest BCUT2D eigenvalue weighted by molar-refractivity contribution is 5.76. The molecule has 0 aromatic carbocycles. The van der Waals surface area contributed by atoms with Gasteiger partial charge in [-0.25, -0.2) is 0 Å². The van der Waals surface area contributed by atoms with E-state index in [1.807, 2.05) is 4.90 Å². The number of unbranched alkanes of at least 4 members (excludes halogenated alkanes) is 2. The molecular weight excluding hydrogens is 216 g/mol. The molecule has 0 aliphatic heterocycles. The molecule has 0 bridgehead atoms. The molecule has 0 radical (unpaired) electrons. The van der Waals surface area contributed by atoms with Gasteiger partial charge in [0.25, 0.3) is 0 Å². The number of ether oxygens (including phenoxy) is 1. The smallest absolute Gasteiger partial charge is 0.222 e. The van der Waals surface area contributed by atoms with Gasteiger partial charge in [0.1, 0.15) is 0 Å². The summed E-state index contributed by atoms with van der Waals surface area (Å²) in [6, 6.07) is 0. The average molecular weight is 244 g/mol. The lowest BCUT2D eigenvalue weighted by molar-refractivity contribution is -0.132. The zero-order chi connectivity index (χ0) is 13.1. The van der Waals surface area contributed by atoms with E-state index in [0.29, 0.717) is 32.0 Å². The lowest BCUT2D eigenvalue weighted by Crippen LogP contribution is -2.36. The number of nitrogens with zero attached hydrogens (tertiary/aromatic N) is 1. The molecule has 4 nitrogen and oxygen atoms in total. The van der Waals surface area contributed by atoms with Gasteiger partial charge in [0, 0.05) is 26.6 Å². The maximum Gasteiger partial charge on any atom is 0.222 e. The van der Waals surface area contributed by atoms with Crippen molar-refractivity contribution in [2.45, 2.75) is 39.5 Å². The SMILES string of the molecule is COCCN(CC(C)C)C(=O)CCCCCN. The van der Waals surface area contributed by atoms with Crippen LogP contribution in [0.25, 0.3) is 0 Å². The highest BCUT2D eigenvalue weighted by atomic mass is 16.5. The number of rotatable bonds is 10. The minimum atomic E-state index is 0.243. The largest absolute Gasteiger partial charge is 0.383 e. The number of amides is 1. The van der Waals surface area contributed by atoms with Crippen molar-refractivity contribution in [1.82, 2.24) is 4.90 Å². The minimum Gasteiger partial charge on any atom is -0.383 e. The normalized spacial score (nSPS) is 10.9. The van der Waals surface area contributed by atoms with Crippen molar-refractivity contribution in [3.05, 3.63) is 0 Å². The lowest BCUT2D eigenvalue weighted by Gasteiger charge is -2.24. The molecule has 0 aromatic rings. The van der Waals surface area contributed by atoms with Gasteiger partial charge in [-0.05, 0) is 25.3 Å². The monoisotopic (exact) mass is 244 g/mol. The first-order valence-electron chi connectivity index (χ1n) is 6.58. The highest BCUT2D eigenvalue weighted by Gasteiger charge is 2.13. The van der Waals surface area contributed by atoms with E-state index in [2.05, 4.69) is 13.8 Å². The van der Waals surface area contributed by atoms with Crippen molar-refractivity contribution in [2.24, 2.45) is 11.7 Å². The van der Waals surface area contributed by atoms with Crippen molar-refractivity contribution in [2.75, 3.05) is 33.4 Å². The van der Waals surface area contributed by atoms with E-state index >= 15 is 0 Å². The van der Waals surface area contributed by atoms with Crippen molar-refractivity contribution >= 4 is 5.91 Å². The number of hydrogen-bond donors (Lipinski definition) is 1. The lowest BCUT2D eigenvalue weighted by atomic mass is 10.1. The Hall–Kier alpha value is -0.610. The predicted molar refractivity (Wildman–Crippen MR) is 70.8 cm³/mol. The number of carbonyl (C=O) groups is 1. The fourth-order valence-corrected chi connectivity index (χ4v) is 1.72. The van der Waals surface area contributed by atoms with E-state index < -0.39 is 0 Å². The molecule has 1 amide bonds. The molecule has 0 atom stereocenters. The molecule has 0 aliphatic rings. The van der Waals surface area contributed by atoms with Gasteiger partial charge in [-0.2, -0.15) is 0 Å². The van der Waals surface area contributed by atoms with Gasteiger partial charge in [-0.15, -0.1) is 0 Å². The first-order chi connectivity index (χ1) is 8.11. The van der Waals surface area contributed by atoms with Crippen LogP contribution in [0.2, 0.25) is 0 Å². The zero-order valence-electron chi connectivity index (χ0n) is 11.6. The van der Waals surface area contributed by atoms with Gasteiger partial charge in [-0.1, -0.05) is 20.3 Å². The van der Waals surface area contributed by atoms with Crippen LogP contribution in [-0.2, 0) is 9.53 Å². The van der Waals surface area contributed by atoms with Crippen LogP contribution in [0, 0.1) is 5.92 Å². The Bertz CT molecular complexity index is 196. The summed E-state index contributed by atoms with van der Waals surface area (Å²) in [5.41, 5.74) is 5.42. The first kappa shape index (κ1) is 16.4. The third-order valence-electron chi connectivity index (χ3n) is 2.60. The molecule has 0 saturated carbocycles. The Balaban J connectivity index is 3.94. The number of methoxy groups -OCH3 is 1. The Morgan fingerprint density at radius 1 is 1.29 bits per heavy atom. The van der Waals surface area contributed by atoms with E-state index in [9.17, 15) is 4.79 Å². The summed E-state index contributed by atoms with van der Waals surface area (Å²) >= 11 is 0. The van der Waals surface area contributed by atoms with E-state index in [4.69, 9.17) is 10.5 Å². The number of carbonyl (C=O) groups excluding carboxylic acids is 1. The fourth-order valence-electron chi connectivity index (χ4n) is 1.72. The summed E-state index contributed by atoms with van der Waals surface area (Å²) in [6.45, 7) is 7.10. The molecule has 0 spiro atoms. The molecule has 4 heteroatoms. The molecule has 17 heavy (non-hydrogen) atoms. The summed E-state index contributed by atoms with van der Waals surface area (Å²) in [5.74, 6) is 0.743. The maximum atomic E-state index is 12.0. The van der Waals surface area contributed by atoms with Crippen LogP contribution >= 0.6 is 0 Å². The van der Waals surface area contributed by atoms with Crippen molar-refractivity contribution in [3.8, 4) is 0 Å². The number of hydrogen-bond acceptors (Lipinski definition) is 3. The molecule has 0 unspecified atom stereocenters. The van der Waals surface area contributed by atoms with E-state index in [-0.39, 0.29) is 5.91 Å². The summed E-state index contributed by atoms with van der Waals surface area (Å²) in [7, 11) is 1.67. The molecule has 0 heterocycles. The van der Waals surface area contributed by atoms with Crippen LogP contribution in [0.3, 0.4) is 0 Å². The number of nitrogens with two attached hydrogens (primary N) is 1. The van der Waals surface area contributed by atoms with E-state index in [1.165, 1.54) is 0 Å². The third kappa shape index (κ3) is 9.12. The van der Waals surface area contributed by atoms with Crippen molar-refractivity contribution < 1.29 is 9.53 Å². The molecule has 0 aromatic heterocycles. The summed E-state index contributed by atoms with van der Waals surface area (Å²) in [5, 5.41) is 0. The van der Waals surface area contributed by atoms with Crippen LogP contribution < -0.4 is 5.73 Å². The summed E-state index contributed by atoms with van der Waals surface area (Å²) in [6.07, 6.45) is 3.63. The molecule has 0 rings (SSSR count). The van der Waals surface area contributed by atoms with Gasteiger partial charge >= 0.3 is 0 Å². The van der Waals surface area contributed by atoms with Crippen LogP contribution in [0.4, 0.5) is 0 Å². The van der Waals surface area contributed by atoms with E-state index in [1.54, 1.807) is 7.11 Å². The standard InChI is InChI=1S/C13H28N2O2/c1-12(2)11-15(9-10-17-3)13(16)7-5-4-6-8-14/h12H,4-11,14H2,1-3H3. The summed E-state index contributed by atoms with van der Waals surface area (Å²) < 4.78 is 5.04. The van der Waals surface area contributed by atoms with Gasteiger partial charge in [0.2, 0.25) is 5.91 Å². The van der Waals surface area contributed by atoms with Crippen molar-refractivity contribution in [1.29, 1.82) is 0 Å². The van der Waals surface area contributed by atoms with Crippen LogP contribution in [0.5, 0.6) is 0 Å². The Kier molecular flexibility index (Phi) is 10.2. The second kappa shape index (κ2) is 10.5. The Morgan fingerprint density at radius 3 is 2.53 bits per heavy atom. The summed E-state index contributed by atoms with van der Waals surface area (Å²) in [4.78, 5) is 13.9. The van der Waals surface area contributed by atoms with Gasteiger partial charge in [0.15, 0.2) is 0 Å². The minimum absolute atomic E-state index is 0.243. The molecule has 102 valence electrons. The average Bonchev–Trinajstić information content (AvgIpc) is 2.29. The molecule has 0 fully saturated rings. The molecular formula is C13H28N2O2. The van der Waals surface area contributed by atoms with Gasteiger partial charge < -0.3 is 15.4 Å². The topological polar surface area (TPSA) is 55.6 Å². The van der Waals surface area contributed by atoms with E-state index in [0.717, 1.165) is 25.8 Å². The van der Waals surface area contributed by atoms with Crippen LogP contribution in [-0.4, -0.2) is 44.2 Å². The Labute approximate surface area is 105 Å².